The molecule has 0 saturated carbocycles. The minimum Gasteiger partial charge on any atom is -0.465 e. The molecule has 4 nitrogen and oxygen atoms in total. The Kier molecular flexibility index (Phi) is 5.03. The molecule has 0 aliphatic heterocycles. The number of rotatable bonds is 4. The lowest BCUT2D eigenvalue weighted by atomic mass is 10.1. The average Bonchev–Trinajstić information content (AvgIpc) is 3.16. The molecule has 3 rings (SSSR count). The summed E-state index contributed by atoms with van der Waals surface area (Å²) in [6.07, 6.45) is 1.67. The van der Waals surface area contributed by atoms with Gasteiger partial charge >= 0.3 is 5.97 Å². The number of carbonyl (C=O) groups is 1. The zero-order valence-corrected chi connectivity index (χ0v) is 14.3. The van der Waals surface area contributed by atoms with Crippen LogP contribution in [0.2, 0.25) is 0 Å². The second-order valence-corrected chi connectivity index (χ2v) is 6.01. The Morgan fingerprint density at radius 2 is 1.88 bits per heavy atom. The molecule has 1 heterocycles. The Labute approximate surface area is 149 Å². The van der Waals surface area contributed by atoms with Crippen LogP contribution in [0.5, 0.6) is 0 Å². The summed E-state index contributed by atoms with van der Waals surface area (Å²) in [7, 11) is 1.33. The van der Waals surface area contributed by atoms with Crippen molar-refractivity contribution < 1.29 is 9.53 Å². The molecule has 0 amide bonds. The van der Waals surface area contributed by atoms with Gasteiger partial charge in [-0.15, -0.1) is 11.3 Å². The van der Waals surface area contributed by atoms with Crippen LogP contribution in [0.3, 0.4) is 0 Å². The second kappa shape index (κ2) is 7.56. The monoisotopic (exact) mass is 346 g/mol. The minimum absolute atomic E-state index is 0.406. The maximum atomic E-state index is 11.9. The van der Waals surface area contributed by atoms with Gasteiger partial charge in [0.1, 0.15) is 11.1 Å². The normalized spacial score (nSPS) is 11.0. The molecule has 1 aromatic heterocycles. The predicted molar refractivity (Wildman–Crippen MR) is 98.8 cm³/mol. The number of allylic oxidation sites excluding steroid dienone is 1. The number of carbonyl (C=O) groups excluding carboxylic acids is 1. The lowest BCUT2D eigenvalue weighted by molar-refractivity contribution is 0.0600. The van der Waals surface area contributed by atoms with Crippen LogP contribution in [0.1, 0.15) is 20.9 Å². The van der Waals surface area contributed by atoms with E-state index in [1.54, 1.807) is 24.3 Å². The molecule has 0 saturated heterocycles. The van der Waals surface area contributed by atoms with E-state index in [0.717, 1.165) is 11.3 Å². The molecule has 0 N–H and O–H groups in total. The largest absolute Gasteiger partial charge is 0.465 e. The molecule has 25 heavy (non-hydrogen) atoms. The van der Waals surface area contributed by atoms with E-state index in [1.165, 1.54) is 18.4 Å². The van der Waals surface area contributed by atoms with E-state index < -0.39 is 5.97 Å². The molecule has 3 aromatic rings. The van der Waals surface area contributed by atoms with Gasteiger partial charge in [-0.3, -0.25) is 0 Å². The first kappa shape index (κ1) is 16.6. The summed E-state index contributed by atoms with van der Waals surface area (Å²) in [4.78, 5) is 16.4. The molecular formula is C20H14N2O2S. The van der Waals surface area contributed by atoms with Crippen molar-refractivity contribution in [1.29, 1.82) is 5.26 Å². The van der Waals surface area contributed by atoms with Crippen molar-refractivity contribution in [1.82, 2.24) is 4.98 Å². The molecule has 0 unspecified atom stereocenters. The van der Waals surface area contributed by atoms with Gasteiger partial charge < -0.3 is 4.74 Å². The van der Waals surface area contributed by atoms with E-state index in [4.69, 9.17) is 4.74 Å². The summed E-state index contributed by atoms with van der Waals surface area (Å²) < 4.78 is 4.80. The summed E-state index contributed by atoms with van der Waals surface area (Å²) >= 11 is 1.40. The fourth-order valence-corrected chi connectivity index (χ4v) is 3.15. The third kappa shape index (κ3) is 3.65. The number of benzene rings is 2. The number of thiazole rings is 1. The standard InChI is InChI=1S/C20H14N2O2S/c1-24-20(23)17-10-6-5-9-15(17)11-16(12-21)19-22-18(13-25-19)14-7-3-2-4-8-14/h2-11,13H,1H3/b16-11+. The zero-order valence-electron chi connectivity index (χ0n) is 13.5. The van der Waals surface area contributed by atoms with Crippen LogP contribution in [0.25, 0.3) is 22.9 Å². The number of nitriles is 1. The lowest BCUT2D eigenvalue weighted by Crippen LogP contribution is -2.03. The smallest absolute Gasteiger partial charge is 0.338 e. The SMILES string of the molecule is COC(=O)c1ccccc1/C=C(\C#N)c1nc(-c2ccccc2)cs1. The molecule has 0 atom stereocenters. The van der Waals surface area contributed by atoms with Crippen molar-refractivity contribution in [2.75, 3.05) is 7.11 Å². The highest BCUT2D eigenvalue weighted by Gasteiger charge is 2.13. The molecular weight excluding hydrogens is 332 g/mol. The van der Waals surface area contributed by atoms with Gasteiger partial charge in [-0.1, -0.05) is 48.5 Å². The third-order valence-electron chi connectivity index (χ3n) is 3.59. The fourth-order valence-electron chi connectivity index (χ4n) is 2.36. The molecule has 0 aliphatic rings. The Balaban J connectivity index is 2.00. The van der Waals surface area contributed by atoms with Crippen LogP contribution in [0.15, 0.2) is 60.0 Å². The summed E-state index contributed by atoms with van der Waals surface area (Å²) in [5.41, 5.74) is 3.27. The van der Waals surface area contributed by atoms with Crippen molar-refractivity contribution in [3.63, 3.8) is 0 Å². The van der Waals surface area contributed by atoms with E-state index in [-0.39, 0.29) is 0 Å². The van der Waals surface area contributed by atoms with Gasteiger partial charge in [-0.2, -0.15) is 5.26 Å². The molecule has 0 spiro atoms. The van der Waals surface area contributed by atoms with Crippen LogP contribution < -0.4 is 0 Å². The first-order valence-electron chi connectivity index (χ1n) is 7.53. The van der Waals surface area contributed by atoms with Gasteiger partial charge in [-0.25, -0.2) is 9.78 Å². The van der Waals surface area contributed by atoms with E-state index in [2.05, 4.69) is 11.1 Å². The number of nitrogens with zero attached hydrogens (tertiary/aromatic N) is 2. The number of ether oxygens (including phenoxy) is 1. The third-order valence-corrected chi connectivity index (χ3v) is 4.47. The molecule has 122 valence electrons. The maximum Gasteiger partial charge on any atom is 0.338 e. The van der Waals surface area contributed by atoms with E-state index in [9.17, 15) is 10.1 Å². The predicted octanol–water partition coefficient (Wildman–Crippen LogP) is 4.66. The lowest BCUT2D eigenvalue weighted by Gasteiger charge is -2.04. The Morgan fingerprint density at radius 3 is 2.60 bits per heavy atom. The molecule has 0 bridgehead atoms. The highest BCUT2D eigenvalue weighted by molar-refractivity contribution is 7.11. The number of esters is 1. The van der Waals surface area contributed by atoms with Crippen molar-refractivity contribution >= 4 is 29.0 Å². The Hall–Kier alpha value is -3.23. The topological polar surface area (TPSA) is 63.0 Å². The van der Waals surface area contributed by atoms with Gasteiger partial charge in [-0.05, 0) is 17.7 Å². The van der Waals surface area contributed by atoms with Gasteiger partial charge in [0.2, 0.25) is 0 Å². The molecule has 5 heteroatoms. The molecule has 0 radical (unpaired) electrons. The summed E-state index contributed by atoms with van der Waals surface area (Å²) in [5.74, 6) is -0.437. The quantitative estimate of drug-likeness (QED) is 0.509. The highest BCUT2D eigenvalue weighted by Crippen LogP contribution is 2.27. The van der Waals surface area contributed by atoms with E-state index in [0.29, 0.717) is 21.7 Å². The summed E-state index contributed by atoms with van der Waals surface area (Å²) in [6.45, 7) is 0. The number of aromatic nitrogens is 1. The maximum absolute atomic E-state index is 11.9. The van der Waals surface area contributed by atoms with E-state index >= 15 is 0 Å². The van der Waals surface area contributed by atoms with Crippen LogP contribution in [-0.4, -0.2) is 18.1 Å². The average molecular weight is 346 g/mol. The number of hydrogen-bond donors (Lipinski definition) is 0. The van der Waals surface area contributed by atoms with Gasteiger partial charge in [0.25, 0.3) is 0 Å². The van der Waals surface area contributed by atoms with Crippen LogP contribution in [0.4, 0.5) is 0 Å². The summed E-state index contributed by atoms with van der Waals surface area (Å²) in [5, 5.41) is 12.1. The fraction of sp³-hybridized carbons (Fsp3) is 0.0500. The van der Waals surface area contributed by atoms with Gasteiger partial charge in [0, 0.05) is 10.9 Å². The van der Waals surface area contributed by atoms with Crippen molar-refractivity contribution in [3.05, 3.63) is 76.1 Å². The van der Waals surface area contributed by atoms with Gasteiger partial charge in [0.05, 0.1) is 23.9 Å². The first-order valence-corrected chi connectivity index (χ1v) is 8.41. The second-order valence-electron chi connectivity index (χ2n) is 5.15. The Morgan fingerprint density at radius 1 is 1.16 bits per heavy atom. The van der Waals surface area contributed by atoms with Crippen molar-refractivity contribution in [2.45, 2.75) is 0 Å². The van der Waals surface area contributed by atoms with Crippen LogP contribution in [-0.2, 0) is 4.74 Å². The first-order chi connectivity index (χ1) is 12.2. The number of methoxy groups -OCH3 is 1. The summed E-state index contributed by atoms with van der Waals surface area (Å²) in [6, 6.07) is 19.0. The van der Waals surface area contributed by atoms with E-state index in [1.807, 2.05) is 41.8 Å². The molecule has 0 fully saturated rings. The molecule has 0 aliphatic carbocycles. The van der Waals surface area contributed by atoms with Crippen molar-refractivity contribution in [3.8, 4) is 17.3 Å². The minimum atomic E-state index is -0.437. The van der Waals surface area contributed by atoms with Crippen LogP contribution >= 0.6 is 11.3 Å². The van der Waals surface area contributed by atoms with Gasteiger partial charge in [0.15, 0.2) is 0 Å². The van der Waals surface area contributed by atoms with Crippen molar-refractivity contribution in [2.24, 2.45) is 0 Å². The molecule has 2 aromatic carbocycles. The Bertz CT molecular complexity index is 969. The van der Waals surface area contributed by atoms with Crippen LogP contribution in [0, 0.1) is 11.3 Å². The highest BCUT2D eigenvalue weighted by atomic mass is 32.1. The zero-order chi connectivity index (χ0) is 17.6. The number of hydrogen-bond acceptors (Lipinski definition) is 5.